The number of hydrogen-bond acceptors (Lipinski definition) is 4. The molecule has 7 nitrogen and oxygen atoms in total. The molecule has 0 radical (unpaired) electrons. The predicted molar refractivity (Wildman–Crippen MR) is 79.5 cm³/mol. The van der Waals surface area contributed by atoms with Crippen LogP contribution in [0.3, 0.4) is 0 Å². The number of carboxylic acid groups (broad SMARTS) is 1. The van der Waals surface area contributed by atoms with Crippen LogP contribution in [0.2, 0.25) is 0 Å². The van der Waals surface area contributed by atoms with Crippen molar-refractivity contribution in [2.24, 2.45) is 11.7 Å². The fourth-order valence-electron chi connectivity index (χ4n) is 1.97. The Morgan fingerprint density at radius 3 is 2.14 bits per heavy atom. The first-order valence-corrected chi connectivity index (χ1v) is 7.28. The highest BCUT2D eigenvalue weighted by molar-refractivity contribution is 5.89. The van der Waals surface area contributed by atoms with Gasteiger partial charge in [-0.25, -0.2) is 4.79 Å². The van der Waals surface area contributed by atoms with Crippen LogP contribution >= 0.6 is 0 Å². The molecule has 21 heavy (non-hydrogen) atoms. The number of carboxylic acids is 1. The molecule has 0 aliphatic heterocycles. The van der Waals surface area contributed by atoms with Crippen molar-refractivity contribution in [1.82, 2.24) is 10.6 Å². The highest BCUT2D eigenvalue weighted by atomic mass is 16.4. The molecular weight excluding hydrogens is 274 g/mol. The van der Waals surface area contributed by atoms with Crippen LogP contribution in [-0.4, -0.2) is 41.5 Å². The maximum atomic E-state index is 12.1. The van der Waals surface area contributed by atoms with Crippen LogP contribution in [0, 0.1) is 5.92 Å². The molecule has 0 aliphatic carbocycles. The fourth-order valence-corrected chi connectivity index (χ4v) is 1.97. The quantitative estimate of drug-likeness (QED) is 0.430. The van der Waals surface area contributed by atoms with E-state index < -0.39 is 24.0 Å². The van der Waals surface area contributed by atoms with Gasteiger partial charge in [-0.15, -0.1) is 0 Å². The molecule has 0 heterocycles. The van der Waals surface area contributed by atoms with Crippen LogP contribution in [0.1, 0.15) is 46.5 Å². The molecule has 0 aromatic rings. The molecule has 0 unspecified atom stereocenters. The lowest BCUT2D eigenvalue weighted by molar-refractivity contribution is -0.142. The number of unbranched alkanes of at least 4 members (excludes halogenated alkanes) is 1. The molecular formula is C14H27N3O4. The van der Waals surface area contributed by atoms with Gasteiger partial charge in [0.15, 0.2) is 0 Å². The standard InChI is InChI=1S/C14H27N3O4/c1-9(2)8-12(16-10(3)18)13(19)17-11(14(20)21)6-4-5-7-15/h9,11-12H,4-8,15H2,1-3H3,(H,16,18)(H,17,19)(H,20,21)/t11-,12-/m0/s1. The van der Waals surface area contributed by atoms with E-state index in [1.807, 2.05) is 13.8 Å². The number of amides is 2. The van der Waals surface area contributed by atoms with Crippen LogP contribution in [-0.2, 0) is 14.4 Å². The van der Waals surface area contributed by atoms with Crippen molar-refractivity contribution in [1.29, 1.82) is 0 Å². The minimum Gasteiger partial charge on any atom is -0.480 e. The van der Waals surface area contributed by atoms with E-state index in [9.17, 15) is 14.4 Å². The van der Waals surface area contributed by atoms with Gasteiger partial charge in [0, 0.05) is 6.92 Å². The molecule has 0 aliphatic rings. The molecule has 122 valence electrons. The van der Waals surface area contributed by atoms with E-state index in [-0.39, 0.29) is 11.8 Å². The van der Waals surface area contributed by atoms with Crippen LogP contribution < -0.4 is 16.4 Å². The van der Waals surface area contributed by atoms with E-state index in [2.05, 4.69) is 10.6 Å². The summed E-state index contributed by atoms with van der Waals surface area (Å²) >= 11 is 0. The van der Waals surface area contributed by atoms with Gasteiger partial charge in [-0.2, -0.15) is 0 Å². The van der Waals surface area contributed by atoms with Gasteiger partial charge in [0.1, 0.15) is 12.1 Å². The minimum absolute atomic E-state index is 0.202. The molecule has 0 aromatic heterocycles. The molecule has 0 rings (SSSR count). The van der Waals surface area contributed by atoms with Crippen molar-refractivity contribution < 1.29 is 19.5 Å². The molecule has 0 bridgehead atoms. The predicted octanol–water partition coefficient (Wildman–Crippen LogP) is 0.236. The molecule has 0 saturated carbocycles. The summed E-state index contributed by atoms with van der Waals surface area (Å²) < 4.78 is 0. The Bertz CT molecular complexity index is 358. The zero-order valence-corrected chi connectivity index (χ0v) is 13.0. The van der Waals surface area contributed by atoms with Gasteiger partial charge in [0.05, 0.1) is 0 Å². The molecule has 0 aromatic carbocycles. The first-order chi connectivity index (χ1) is 9.77. The number of rotatable bonds is 10. The lowest BCUT2D eigenvalue weighted by Gasteiger charge is -2.22. The Morgan fingerprint density at radius 1 is 1.10 bits per heavy atom. The highest BCUT2D eigenvalue weighted by Gasteiger charge is 2.26. The summed E-state index contributed by atoms with van der Waals surface area (Å²) in [6, 6.07) is -1.66. The summed E-state index contributed by atoms with van der Waals surface area (Å²) in [7, 11) is 0. The van der Waals surface area contributed by atoms with Crippen molar-refractivity contribution in [2.75, 3.05) is 6.54 Å². The summed E-state index contributed by atoms with van der Waals surface area (Å²) in [5, 5.41) is 14.2. The zero-order valence-electron chi connectivity index (χ0n) is 13.0. The number of hydrogen-bond donors (Lipinski definition) is 4. The van der Waals surface area contributed by atoms with E-state index in [4.69, 9.17) is 10.8 Å². The lowest BCUT2D eigenvalue weighted by atomic mass is 10.0. The van der Waals surface area contributed by atoms with Crippen LogP contribution in [0.5, 0.6) is 0 Å². The van der Waals surface area contributed by atoms with E-state index in [0.717, 1.165) is 0 Å². The first-order valence-electron chi connectivity index (χ1n) is 7.28. The Labute approximate surface area is 125 Å². The fraction of sp³-hybridized carbons (Fsp3) is 0.786. The number of nitrogens with two attached hydrogens (primary N) is 1. The van der Waals surface area contributed by atoms with E-state index in [1.165, 1.54) is 6.92 Å². The average molecular weight is 301 g/mol. The Balaban J connectivity index is 4.65. The van der Waals surface area contributed by atoms with E-state index in [0.29, 0.717) is 32.2 Å². The highest BCUT2D eigenvalue weighted by Crippen LogP contribution is 2.07. The Hall–Kier alpha value is -1.63. The second kappa shape index (κ2) is 10.1. The largest absolute Gasteiger partial charge is 0.480 e. The van der Waals surface area contributed by atoms with Crippen LogP contribution in [0.25, 0.3) is 0 Å². The summed E-state index contributed by atoms with van der Waals surface area (Å²) in [6.07, 6.45) is 2.12. The summed E-state index contributed by atoms with van der Waals surface area (Å²) in [4.78, 5) is 34.5. The average Bonchev–Trinajstić information content (AvgIpc) is 2.35. The van der Waals surface area contributed by atoms with Gasteiger partial charge < -0.3 is 21.5 Å². The molecule has 2 amide bonds. The Morgan fingerprint density at radius 2 is 1.71 bits per heavy atom. The lowest BCUT2D eigenvalue weighted by Crippen LogP contribution is -2.51. The number of carbonyl (C=O) groups is 3. The van der Waals surface area contributed by atoms with Crippen molar-refractivity contribution in [3.05, 3.63) is 0 Å². The second-order valence-electron chi connectivity index (χ2n) is 5.57. The maximum absolute atomic E-state index is 12.1. The van der Waals surface area contributed by atoms with E-state index in [1.54, 1.807) is 0 Å². The summed E-state index contributed by atoms with van der Waals surface area (Å²) in [5.41, 5.74) is 5.37. The number of carbonyl (C=O) groups excluding carboxylic acids is 2. The molecule has 0 spiro atoms. The van der Waals surface area contributed by atoms with Crippen molar-refractivity contribution >= 4 is 17.8 Å². The van der Waals surface area contributed by atoms with Crippen molar-refractivity contribution in [3.63, 3.8) is 0 Å². The van der Waals surface area contributed by atoms with Crippen LogP contribution in [0.4, 0.5) is 0 Å². The third-order valence-corrected chi connectivity index (χ3v) is 2.96. The molecule has 0 saturated heterocycles. The van der Waals surface area contributed by atoms with Crippen molar-refractivity contribution in [3.8, 4) is 0 Å². The molecule has 2 atom stereocenters. The Kier molecular flexibility index (Phi) is 9.36. The molecule has 5 N–H and O–H groups in total. The number of aliphatic carboxylic acids is 1. The normalized spacial score (nSPS) is 13.6. The van der Waals surface area contributed by atoms with Gasteiger partial charge in [-0.3, -0.25) is 9.59 Å². The third kappa shape index (κ3) is 9.01. The summed E-state index contributed by atoms with van der Waals surface area (Å²) in [5.74, 6) is -1.65. The monoisotopic (exact) mass is 301 g/mol. The SMILES string of the molecule is CC(=O)N[C@@H](CC(C)C)C(=O)N[C@@H](CCCCN)C(=O)O. The van der Waals surface area contributed by atoms with Gasteiger partial charge in [-0.1, -0.05) is 13.8 Å². The molecule has 0 fully saturated rings. The van der Waals surface area contributed by atoms with E-state index >= 15 is 0 Å². The van der Waals surface area contributed by atoms with Gasteiger partial charge in [0.2, 0.25) is 11.8 Å². The number of nitrogens with one attached hydrogen (secondary N) is 2. The smallest absolute Gasteiger partial charge is 0.326 e. The maximum Gasteiger partial charge on any atom is 0.326 e. The minimum atomic E-state index is -1.08. The van der Waals surface area contributed by atoms with Crippen molar-refractivity contribution in [2.45, 2.75) is 58.5 Å². The van der Waals surface area contributed by atoms with Crippen LogP contribution in [0.15, 0.2) is 0 Å². The van der Waals surface area contributed by atoms with Gasteiger partial charge in [0.25, 0.3) is 0 Å². The second-order valence-corrected chi connectivity index (χ2v) is 5.57. The first kappa shape index (κ1) is 19.4. The van der Waals surface area contributed by atoms with Gasteiger partial charge in [-0.05, 0) is 38.1 Å². The topological polar surface area (TPSA) is 122 Å². The van der Waals surface area contributed by atoms with Gasteiger partial charge >= 0.3 is 5.97 Å². The third-order valence-electron chi connectivity index (χ3n) is 2.96. The molecule has 7 heteroatoms. The zero-order chi connectivity index (χ0) is 16.4. The summed E-state index contributed by atoms with van der Waals surface area (Å²) in [6.45, 7) is 5.68.